The highest BCUT2D eigenvalue weighted by Gasteiger charge is 2.35. The first-order valence-electron chi connectivity index (χ1n) is 8.48. The summed E-state index contributed by atoms with van der Waals surface area (Å²) in [5.74, 6) is -1.57. The van der Waals surface area contributed by atoms with Crippen molar-refractivity contribution in [1.29, 1.82) is 0 Å². The van der Waals surface area contributed by atoms with E-state index in [9.17, 15) is 19.2 Å². The molecule has 2 N–H and O–H groups in total. The van der Waals surface area contributed by atoms with Crippen LogP contribution in [-0.4, -0.2) is 61.4 Å². The van der Waals surface area contributed by atoms with E-state index in [4.69, 9.17) is 4.74 Å². The van der Waals surface area contributed by atoms with Crippen LogP contribution in [0.1, 0.15) is 51.3 Å². The third-order valence-electron chi connectivity index (χ3n) is 4.05. The van der Waals surface area contributed by atoms with Crippen LogP contribution in [0, 0.1) is 0 Å². The van der Waals surface area contributed by atoms with Gasteiger partial charge in [0.2, 0.25) is 5.91 Å². The number of likely N-dealkylation sites (N-methyl/N-ethyl adjacent to an activating group) is 1. The van der Waals surface area contributed by atoms with Gasteiger partial charge in [0.1, 0.15) is 6.04 Å². The van der Waals surface area contributed by atoms with Crippen molar-refractivity contribution in [3.8, 4) is 0 Å². The first-order valence-corrected chi connectivity index (χ1v) is 8.48. The number of benzene rings is 1. The SMILES string of the molecule is CCNC(=O)[C@@H](C)NC(=O)c1ccc2c(c1)C(=O)N(CCCOC)C2=O. The number of carbonyl (C=O) groups excluding carboxylic acids is 4. The lowest BCUT2D eigenvalue weighted by molar-refractivity contribution is -0.122. The molecule has 1 aliphatic heterocycles. The standard InChI is InChI=1S/C18H23N3O5/c1-4-19-15(22)11(2)20-16(23)12-6-7-13-14(10-12)18(25)21(17(13)24)8-5-9-26-3/h6-7,10-11H,4-5,8-9H2,1-3H3,(H,19,22)(H,20,23)/t11-/m1/s1. The number of amides is 4. The Bertz CT molecular complexity index is 732. The normalized spacial score (nSPS) is 14.2. The van der Waals surface area contributed by atoms with Crippen LogP contribution in [0.25, 0.3) is 0 Å². The molecule has 26 heavy (non-hydrogen) atoms. The molecule has 1 heterocycles. The number of imide groups is 1. The van der Waals surface area contributed by atoms with Crippen molar-refractivity contribution in [2.75, 3.05) is 26.8 Å². The number of rotatable bonds is 8. The predicted molar refractivity (Wildman–Crippen MR) is 93.9 cm³/mol. The van der Waals surface area contributed by atoms with Gasteiger partial charge in [0, 0.05) is 32.4 Å². The van der Waals surface area contributed by atoms with E-state index in [1.54, 1.807) is 21.0 Å². The van der Waals surface area contributed by atoms with Gasteiger partial charge in [0.25, 0.3) is 17.7 Å². The molecule has 2 rings (SSSR count). The topological polar surface area (TPSA) is 105 Å². The van der Waals surface area contributed by atoms with Crippen LogP contribution < -0.4 is 10.6 Å². The summed E-state index contributed by atoms with van der Waals surface area (Å²) >= 11 is 0. The van der Waals surface area contributed by atoms with Gasteiger partial charge in [-0.15, -0.1) is 0 Å². The largest absolute Gasteiger partial charge is 0.385 e. The number of nitrogens with one attached hydrogen (secondary N) is 2. The van der Waals surface area contributed by atoms with Gasteiger partial charge in [-0.3, -0.25) is 24.1 Å². The quantitative estimate of drug-likeness (QED) is 0.520. The van der Waals surface area contributed by atoms with Crippen molar-refractivity contribution < 1.29 is 23.9 Å². The third kappa shape index (κ3) is 4.08. The second kappa shape index (κ2) is 8.57. The Morgan fingerprint density at radius 2 is 1.88 bits per heavy atom. The Labute approximate surface area is 151 Å². The number of fused-ring (bicyclic) bond motifs is 1. The molecule has 8 nitrogen and oxygen atoms in total. The lowest BCUT2D eigenvalue weighted by Crippen LogP contribution is -2.44. The highest BCUT2D eigenvalue weighted by Crippen LogP contribution is 2.24. The first kappa shape index (κ1) is 19.6. The molecule has 1 aromatic rings. The molecule has 0 saturated heterocycles. The van der Waals surface area contributed by atoms with Gasteiger partial charge in [-0.1, -0.05) is 0 Å². The van der Waals surface area contributed by atoms with Gasteiger partial charge in [-0.05, 0) is 38.5 Å². The molecular weight excluding hydrogens is 338 g/mol. The molecule has 0 radical (unpaired) electrons. The van der Waals surface area contributed by atoms with Crippen molar-refractivity contribution in [3.63, 3.8) is 0 Å². The van der Waals surface area contributed by atoms with Gasteiger partial charge in [0.05, 0.1) is 11.1 Å². The number of hydrogen-bond acceptors (Lipinski definition) is 5. The molecule has 1 aromatic carbocycles. The fraction of sp³-hybridized carbons (Fsp3) is 0.444. The van der Waals surface area contributed by atoms with Gasteiger partial charge in [-0.2, -0.15) is 0 Å². The van der Waals surface area contributed by atoms with Gasteiger partial charge in [0.15, 0.2) is 0 Å². The van der Waals surface area contributed by atoms with Gasteiger partial charge in [-0.25, -0.2) is 0 Å². The third-order valence-corrected chi connectivity index (χ3v) is 4.05. The van der Waals surface area contributed by atoms with E-state index in [1.807, 2.05) is 0 Å². The van der Waals surface area contributed by atoms with Crippen molar-refractivity contribution in [1.82, 2.24) is 15.5 Å². The monoisotopic (exact) mass is 361 g/mol. The Kier molecular flexibility index (Phi) is 6.46. The summed E-state index contributed by atoms with van der Waals surface area (Å²) < 4.78 is 4.94. The smallest absolute Gasteiger partial charge is 0.261 e. The first-order chi connectivity index (χ1) is 12.4. The Morgan fingerprint density at radius 3 is 2.54 bits per heavy atom. The minimum absolute atomic E-state index is 0.200. The zero-order valence-corrected chi connectivity index (χ0v) is 15.1. The maximum Gasteiger partial charge on any atom is 0.261 e. The van der Waals surface area contributed by atoms with Crippen LogP contribution in [-0.2, 0) is 9.53 Å². The van der Waals surface area contributed by atoms with Crippen LogP contribution in [0.4, 0.5) is 0 Å². The van der Waals surface area contributed by atoms with Crippen LogP contribution >= 0.6 is 0 Å². The molecule has 0 saturated carbocycles. The minimum Gasteiger partial charge on any atom is -0.385 e. The Balaban J connectivity index is 2.12. The van der Waals surface area contributed by atoms with E-state index >= 15 is 0 Å². The van der Waals surface area contributed by atoms with Crippen LogP contribution in [0.5, 0.6) is 0 Å². The van der Waals surface area contributed by atoms with E-state index in [1.165, 1.54) is 18.2 Å². The van der Waals surface area contributed by atoms with Crippen LogP contribution in [0.2, 0.25) is 0 Å². The molecule has 1 atom stereocenters. The molecule has 0 spiro atoms. The van der Waals surface area contributed by atoms with Gasteiger partial charge < -0.3 is 15.4 Å². The number of methoxy groups -OCH3 is 1. The van der Waals surface area contributed by atoms with Crippen molar-refractivity contribution in [2.24, 2.45) is 0 Å². The molecular formula is C18H23N3O5. The number of nitrogens with zero attached hydrogens (tertiary/aromatic N) is 1. The average Bonchev–Trinajstić information content (AvgIpc) is 2.86. The number of carbonyl (C=O) groups is 4. The molecule has 0 fully saturated rings. The fourth-order valence-corrected chi connectivity index (χ4v) is 2.67. The van der Waals surface area contributed by atoms with Crippen molar-refractivity contribution in [3.05, 3.63) is 34.9 Å². The highest BCUT2D eigenvalue weighted by atomic mass is 16.5. The van der Waals surface area contributed by atoms with E-state index in [2.05, 4.69) is 10.6 Å². The summed E-state index contributed by atoms with van der Waals surface area (Å²) in [6.45, 7) is 4.53. The minimum atomic E-state index is -0.710. The molecule has 1 aliphatic rings. The molecule has 4 amide bonds. The van der Waals surface area contributed by atoms with E-state index in [-0.39, 0.29) is 35.0 Å². The van der Waals surface area contributed by atoms with Gasteiger partial charge >= 0.3 is 0 Å². The average molecular weight is 361 g/mol. The lowest BCUT2D eigenvalue weighted by Gasteiger charge is -2.13. The Hall–Kier alpha value is -2.74. The summed E-state index contributed by atoms with van der Waals surface area (Å²) in [6, 6.07) is 3.63. The molecule has 0 aliphatic carbocycles. The Morgan fingerprint density at radius 1 is 1.19 bits per heavy atom. The summed E-state index contributed by atoms with van der Waals surface area (Å²) in [5.41, 5.74) is 0.700. The maximum atomic E-state index is 12.5. The van der Waals surface area contributed by atoms with E-state index in [0.29, 0.717) is 19.6 Å². The summed E-state index contributed by atoms with van der Waals surface area (Å²) in [4.78, 5) is 50.0. The molecule has 140 valence electrons. The molecule has 0 bridgehead atoms. The zero-order chi connectivity index (χ0) is 19.3. The number of hydrogen-bond donors (Lipinski definition) is 2. The maximum absolute atomic E-state index is 12.5. The fourth-order valence-electron chi connectivity index (χ4n) is 2.67. The molecule has 8 heteroatoms. The second-order valence-corrected chi connectivity index (χ2v) is 5.96. The number of ether oxygens (including phenoxy) is 1. The van der Waals surface area contributed by atoms with Crippen molar-refractivity contribution in [2.45, 2.75) is 26.3 Å². The van der Waals surface area contributed by atoms with Crippen LogP contribution in [0.3, 0.4) is 0 Å². The predicted octanol–water partition coefficient (Wildman–Crippen LogP) is 0.573. The van der Waals surface area contributed by atoms with E-state index < -0.39 is 17.9 Å². The van der Waals surface area contributed by atoms with Crippen LogP contribution in [0.15, 0.2) is 18.2 Å². The summed E-state index contributed by atoms with van der Waals surface area (Å²) in [6.07, 6.45) is 0.541. The van der Waals surface area contributed by atoms with E-state index in [0.717, 1.165) is 4.90 Å². The zero-order valence-electron chi connectivity index (χ0n) is 15.1. The lowest BCUT2D eigenvalue weighted by atomic mass is 10.1. The molecule has 0 aromatic heterocycles. The molecule has 0 unspecified atom stereocenters. The highest BCUT2D eigenvalue weighted by molar-refractivity contribution is 6.22. The van der Waals surface area contributed by atoms with Crippen molar-refractivity contribution >= 4 is 23.6 Å². The second-order valence-electron chi connectivity index (χ2n) is 5.96. The summed E-state index contributed by atoms with van der Waals surface area (Å²) in [7, 11) is 1.55. The summed E-state index contributed by atoms with van der Waals surface area (Å²) in [5, 5.41) is 5.19.